The van der Waals surface area contributed by atoms with Crippen molar-refractivity contribution in [3.05, 3.63) is 82.7 Å². The van der Waals surface area contributed by atoms with Crippen LogP contribution < -0.4 is 0 Å². The molecule has 0 spiro atoms. The van der Waals surface area contributed by atoms with Crippen molar-refractivity contribution in [3.8, 4) is 11.1 Å². The summed E-state index contributed by atoms with van der Waals surface area (Å²) in [7, 11) is 1.58. The molecule has 0 unspecified atom stereocenters. The molecule has 6 heteroatoms. The highest BCUT2D eigenvalue weighted by atomic mass is 16.5. The molecule has 0 radical (unpaired) electrons. The van der Waals surface area contributed by atoms with Gasteiger partial charge in [0.1, 0.15) is 5.69 Å². The number of nitrogens with zero attached hydrogens (tertiary/aromatic N) is 1. The normalized spacial score (nSPS) is 10.6. The second-order valence-electron chi connectivity index (χ2n) is 7.44. The third-order valence-corrected chi connectivity index (χ3v) is 5.04. The fourth-order valence-electron chi connectivity index (χ4n) is 3.47. The summed E-state index contributed by atoms with van der Waals surface area (Å²) in [6.45, 7) is 5.87. The van der Waals surface area contributed by atoms with Gasteiger partial charge >= 0.3 is 5.97 Å². The third-order valence-electron chi connectivity index (χ3n) is 5.04. The molecule has 0 aliphatic rings. The van der Waals surface area contributed by atoms with Gasteiger partial charge in [0.15, 0.2) is 0 Å². The molecule has 2 aromatic carbocycles. The van der Waals surface area contributed by atoms with Crippen molar-refractivity contribution < 1.29 is 19.1 Å². The van der Waals surface area contributed by atoms with E-state index in [4.69, 9.17) is 4.74 Å². The lowest BCUT2D eigenvalue weighted by Gasteiger charge is -2.16. The number of aromatic nitrogens is 1. The smallest absolute Gasteiger partial charge is 0.340 e. The minimum Gasteiger partial charge on any atom is -0.462 e. The van der Waals surface area contributed by atoms with E-state index in [1.54, 1.807) is 20.9 Å². The lowest BCUT2D eigenvalue weighted by Crippen LogP contribution is -2.33. The van der Waals surface area contributed by atoms with E-state index < -0.39 is 17.7 Å². The van der Waals surface area contributed by atoms with Crippen molar-refractivity contribution in [2.75, 3.05) is 13.7 Å². The Morgan fingerprint density at radius 3 is 2.23 bits per heavy atom. The van der Waals surface area contributed by atoms with Crippen LogP contribution >= 0.6 is 0 Å². The zero-order valence-electron chi connectivity index (χ0n) is 18.2. The van der Waals surface area contributed by atoms with Gasteiger partial charge in [0, 0.05) is 24.8 Å². The molecular weight excluding hydrogens is 392 g/mol. The van der Waals surface area contributed by atoms with Crippen molar-refractivity contribution >= 4 is 17.7 Å². The molecular formula is C25H26N2O4. The first-order chi connectivity index (χ1) is 14.8. The molecule has 160 valence electrons. The molecule has 1 heterocycles. The van der Waals surface area contributed by atoms with Crippen molar-refractivity contribution in [1.29, 1.82) is 0 Å². The Labute approximate surface area is 181 Å². The molecule has 1 amide bonds. The summed E-state index contributed by atoms with van der Waals surface area (Å²) in [6, 6.07) is 16.9. The number of ether oxygens (including phenoxy) is 1. The molecule has 0 saturated heterocycles. The van der Waals surface area contributed by atoms with Gasteiger partial charge < -0.3 is 14.6 Å². The predicted octanol–water partition coefficient (Wildman–Crippen LogP) is 4.32. The van der Waals surface area contributed by atoms with E-state index >= 15 is 0 Å². The van der Waals surface area contributed by atoms with Crippen LogP contribution in [0.2, 0.25) is 0 Å². The largest absolute Gasteiger partial charge is 0.462 e. The number of benzene rings is 2. The molecule has 31 heavy (non-hydrogen) atoms. The number of amides is 1. The van der Waals surface area contributed by atoms with Gasteiger partial charge in [-0.05, 0) is 31.9 Å². The van der Waals surface area contributed by atoms with E-state index in [-0.39, 0.29) is 17.9 Å². The van der Waals surface area contributed by atoms with E-state index in [0.717, 1.165) is 11.1 Å². The molecule has 0 bridgehead atoms. The average molecular weight is 418 g/mol. The van der Waals surface area contributed by atoms with Crippen LogP contribution in [0.1, 0.15) is 44.6 Å². The molecule has 0 fully saturated rings. The summed E-state index contributed by atoms with van der Waals surface area (Å²) >= 11 is 0. The topological polar surface area (TPSA) is 79.5 Å². The Hall–Kier alpha value is -3.67. The predicted molar refractivity (Wildman–Crippen MR) is 119 cm³/mol. The second kappa shape index (κ2) is 9.43. The van der Waals surface area contributed by atoms with Gasteiger partial charge in [-0.3, -0.25) is 9.59 Å². The number of likely N-dealkylation sites (N-methyl/N-ethyl adjacent to an activating group) is 1. The molecule has 3 rings (SSSR count). The first-order valence-electron chi connectivity index (χ1n) is 10.1. The van der Waals surface area contributed by atoms with Crippen LogP contribution in [-0.2, 0) is 16.1 Å². The lowest BCUT2D eigenvalue weighted by atomic mass is 9.97. The van der Waals surface area contributed by atoms with Crippen LogP contribution in [0.3, 0.4) is 0 Å². The summed E-state index contributed by atoms with van der Waals surface area (Å²) in [5, 5.41) is 0. The van der Waals surface area contributed by atoms with Gasteiger partial charge in [0.25, 0.3) is 11.7 Å². The fraction of sp³-hybridized carbons (Fsp3) is 0.240. The lowest BCUT2D eigenvalue weighted by molar-refractivity contribution is -0.125. The Morgan fingerprint density at radius 2 is 1.61 bits per heavy atom. The molecule has 3 aromatic rings. The van der Waals surface area contributed by atoms with Gasteiger partial charge in [-0.2, -0.15) is 0 Å². The Bertz CT molecular complexity index is 1100. The summed E-state index contributed by atoms with van der Waals surface area (Å²) in [5.41, 5.74) is 3.86. The van der Waals surface area contributed by atoms with Crippen molar-refractivity contribution in [2.24, 2.45) is 0 Å². The van der Waals surface area contributed by atoms with Crippen LogP contribution in [0.25, 0.3) is 11.1 Å². The zero-order valence-corrected chi connectivity index (χ0v) is 18.2. The van der Waals surface area contributed by atoms with Gasteiger partial charge in [-0.15, -0.1) is 0 Å². The number of Topliss-reactive ketones (excluding diaryl/α,β-unsaturated/α-hetero) is 1. The number of hydrogen-bond donors (Lipinski definition) is 1. The van der Waals surface area contributed by atoms with E-state index in [1.807, 2.05) is 61.5 Å². The molecule has 0 atom stereocenters. The summed E-state index contributed by atoms with van der Waals surface area (Å²) < 4.78 is 5.21. The third kappa shape index (κ3) is 4.74. The number of nitrogens with one attached hydrogen (secondary N) is 1. The number of ketones is 1. The quantitative estimate of drug-likeness (QED) is 0.352. The van der Waals surface area contributed by atoms with Gasteiger partial charge in [0.2, 0.25) is 0 Å². The number of carbonyl (C=O) groups excluding carboxylic acids is 3. The monoisotopic (exact) mass is 418 g/mol. The molecule has 0 aliphatic heterocycles. The number of esters is 1. The molecule has 1 N–H and O–H groups in total. The highest BCUT2D eigenvalue weighted by Crippen LogP contribution is 2.32. The maximum atomic E-state index is 13.2. The summed E-state index contributed by atoms with van der Waals surface area (Å²) in [4.78, 5) is 43.1. The van der Waals surface area contributed by atoms with Crippen LogP contribution in [0.4, 0.5) is 0 Å². The van der Waals surface area contributed by atoms with Crippen molar-refractivity contribution in [3.63, 3.8) is 0 Å². The van der Waals surface area contributed by atoms with E-state index in [9.17, 15) is 14.4 Å². The SMILES string of the molecule is CCOC(=O)c1c(C)[nH]c(C(=O)C(=O)N(C)Cc2ccccc2)c1-c1ccc(C)cc1. The molecule has 0 saturated carbocycles. The average Bonchev–Trinajstić information content (AvgIpc) is 3.11. The summed E-state index contributed by atoms with van der Waals surface area (Å²) in [5.74, 6) is -1.89. The van der Waals surface area contributed by atoms with Gasteiger partial charge in [-0.25, -0.2) is 4.79 Å². The standard InChI is InChI=1S/C25H26N2O4/c1-5-31-25(30)20-17(3)26-22(21(20)19-13-11-16(2)12-14-19)23(28)24(29)27(4)15-18-9-7-6-8-10-18/h6-14,26H,5,15H2,1-4H3. The fourth-order valence-corrected chi connectivity index (χ4v) is 3.47. The first-order valence-corrected chi connectivity index (χ1v) is 10.1. The second-order valence-corrected chi connectivity index (χ2v) is 7.44. The maximum Gasteiger partial charge on any atom is 0.340 e. The molecule has 6 nitrogen and oxygen atoms in total. The highest BCUT2D eigenvalue weighted by Gasteiger charge is 2.31. The number of rotatable bonds is 7. The van der Waals surface area contributed by atoms with Crippen LogP contribution in [0.15, 0.2) is 54.6 Å². The van der Waals surface area contributed by atoms with E-state index in [2.05, 4.69) is 4.98 Å². The summed E-state index contributed by atoms with van der Waals surface area (Å²) in [6.07, 6.45) is 0. The number of aromatic amines is 1. The van der Waals surface area contributed by atoms with E-state index in [0.29, 0.717) is 23.4 Å². The number of aryl methyl sites for hydroxylation is 2. The maximum absolute atomic E-state index is 13.2. The van der Waals surface area contributed by atoms with Crippen LogP contribution in [0.5, 0.6) is 0 Å². The number of carbonyl (C=O) groups is 3. The Balaban J connectivity index is 2.02. The molecule has 1 aromatic heterocycles. The van der Waals surface area contributed by atoms with Crippen molar-refractivity contribution in [1.82, 2.24) is 9.88 Å². The highest BCUT2D eigenvalue weighted by molar-refractivity contribution is 6.43. The Kier molecular flexibility index (Phi) is 6.70. The zero-order chi connectivity index (χ0) is 22.5. The number of hydrogen-bond acceptors (Lipinski definition) is 4. The van der Waals surface area contributed by atoms with Gasteiger partial charge in [0.05, 0.1) is 12.2 Å². The first kappa shape index (κ1) is 22.0. The van der Waals surface area contributed by atoms with Crippen molar-refractivity contribution in [2.45, 2.75) is 27.3 Å². The minimum atomic E-state index is -0.701. The molecule has 0 aliphatic carbocycles. The number of H-pyrrole nitrogens is 1. The van der Waals surface area contributed by atoms with Gasteiger partial charge in [-0.1, -0.05) is 60.2 Å². The van der Waals surface area contributed by atoms with Crippen LogP contribution in [0, 0.1) is 13.8 Å². The Morgan fingerprint density at radius 1 is 0.968 bits per heavy atom. The van der Waals surface area contributed by atoms with E-state index in [1.165, 1.54) is 4.90 Å². The van der Waals surface area contributed by atoms with Crippen LogP contribution in [-0.4, -0.2) is 41.2 Å². The minimum absolute atomic E-state index is 0.0920.